The molecule has 2 aromatic rings. The van der Waals surface area contributed by atoms with Crippen molar-refractivity contribution >= 4 is 0 Å². The third kappa shape index (κ3) is 3.79. The van der Waals surface area contributed by atoms with Crippen molar-refractivity contribution in [1.82, 2.24) is 15.0 Å². The summed E-state index contributed by atoms with van der Waals surface area (Å²) < 4.78 is 7.36. The van der Waals surface area contributed by atoms with Gasteiger partial charge in [0.2, 0.25) is 0 Å². The Labute approximate surface area is 117 Å². The summed E-state index contributed by atoms with van der Waals surface area (Å²) in [7, 11) is 0. The first-order valence-corrected chi connectivity index (χ1v) is 6.66. The van der Waals surface area contributed by atoms with Gasteiger partial charge in [0, 0.05) is 19.6 Å². The number of nitrogens with zero attached hydrogens (tertiary/aromatic N) is 3. The first-order valence-electron chi connectivity index (χ1n) is 6.66. The van der Waals surface area contributed by atoms with E-state index >= 15 is 0 Å². The number of hydrogen-bond donors (Lipinski definition) is 2. The predicted octanol–water partition coefficient (Wildman–Crippen LogP) is 0.774. The minimum atomic E-state index is -0.139. The zero-order chi connectivity index (χ0) is 14.2. The van der Waals surface area contributed by atoms with E-state index in [-0.39, 0.29) is 13.2 Å². The van der Waals surface area contributed by atoms with Crippen LogP contribution in [-0.2, 0) is 19.6 Å². The minimum Gasteiger partial charge on any atom is -0.493 e. The molecule has 0 radical (unpaired) electrons. The molecule has 108 valence electrons. The van der Waals surface area contributed by atoms with Crippen LogP contribution in [0, 0.1) is 0 Å². The van der Waals surface area contributed by atoms with Crippen LogP contribution in [0.4, 0.5) is 0 Å². The number of benzene rings is 1. The summed E-state index contributed by atoms with van der Waals surface area (Å²) >= 11 is 0. The zero-order valence-corrected chi connectivity index (χ0v) is 11.3. The number of rotatable bonds is 8. The Morgan fingerprint density at radius 3 is 2.65 bits per heavy atom. The fourth-order valence-corrected chi connectivity index (χ4v) is 1.95. The van der Waals surface area contributed by atoms with E-state index in [0.29, 0.717) is 31.7 Å². The quantitative estimate of drug-likeness (QED) is 0.745. The highest BCUT2D eigenvalue weighted by Gasteiger charge is 2.11. The number of aryl methyl sites for hydroxylation is 1. The maximum absolute atomic E-state index is 9.27. The van der Waals surface area contributed by atoms with Crippen LogP contribution in [0.3, 0.4) is 0 Å². The van der Waals surface area contributed by atoms with Crippen molar-refractivity contribution in [3.8, 4) is 5.75 Å². The largest absolute Gasteiger partial charge is 0.493 e. The molecule has 0 unspecified atom stereocenters. The second-order valence-corrected chi connectivity index (χ2v) is 4.35. The summed E-state index contributed by atoms with van der Waals surface area (Å²) in [4.78, 5) is 0. The van der Waals surface area contributed by atoms with Crippen molar-refractivity contribution in [1.29, 1.82) is 0 Å². The molecule has 0 bridgehead atoms. The molecule has 2 rings (SSSR count). The molecule has 0 fully saturated rings. The molecule has 1 heterocycles. The van der Waals surface area contributed by atoms with Crippen molar-refractivity contribution in [3.63, 3.8) is 0 Å². The van der Waals surface area contributed by atoms with Crippen molar-refractivity contribution in [3.05, 3.63) is 41.7 Å². The van der Waals surface area contributed by atoms with Gasteiger partial charge in [0.1, 0.15) is 11.4 Å². The molecule has 2 N–H and O–H groups in total. The van der Waals surface area contributed by atoms with Crippen LogP contribution >= 0.6 is 0 Å². The molecule has 0 amide bonds. The average Bonchev–Trinajstić information content (AvgIpc) is 2.88. The predicted molar refractivity (Wildman–Crippen MR) is 73.3 cm³/mol. The molecule has 0 atom stereocenters. The second kappa shape index (κ2) is 7.62. The van der Waals surface area contributed by atoms with Gasteiger partial charge in [-0.25, -0.2) is 4.68 Å². The molecular formula is C14H19N3O3. The molecule has 0 aliphatic carbocycles. The molecule has 6 heteroatoms. The Morgan fingerprint density at radius 1 is 1.15 bits per heavy atom. The molecular weight excluding hydrogens is 258 g/mol. The van der Waals surface area contributed by atoms with Gasteiger partial charge in [-0.3, -0.25) is 0 Å². The highest BCUT2D eigenvalue weighted by Crippen LogP contribution is 2.11. The molecule has 6 nitrogen and oxygen atoms in total. The number of aliphatic hydroxyl groups is 2. The van der Waals surface area contributed by atoms with E-state index in [1.165, 1.54) is 0 Å². The van der Waals surface area contributed by atoms with E-state index in [9.17, 15) is 5.11 Å². The molecule has 1 aromatic heterocycles. The summed E-state index contributed by atoms with van der Waals surface area (Å²) in [5.41, 5.74) is 1.43. The van der Waals surface area contributed by atoms with Gasteiger partial charge < -0.3 is 14.9 Å². The molecule has 20 heavy (non-hydrogen) atoms. The summed E-state index contributed by atoms with van der Waals surface area (Å²) in [6.07, 6.45) is 1.23. The first-order chi connectivity index (χ1) is 9.85. The lowest BCUT2D eigenvalue weighted by atomic mass is 10.2. The van der Waals surface area contributed by atoms with Gasteiger partial charge >= 0.3 is 0 Å². The normalized spacial score (nSPS) is 10.7. The molecule has 0 aliphatic heterocycles. The van der Waals surface area contributed by atoms with E-state index in [2.05, 4.69) is 10.3 Å². The lowest BCUT2D eigenvalue weighted by Crippen LogP contribution is -2.11. The number of aromatic nitrogens is 3. The van der Waals surface area contributed by atoms with Crippen LogP contribution in [0.1, 0.15) is 17.8 Å². The molecule has 0 spiro atoms. The molecule has 0 saturated carbocycles. The standard InChI is InChI=1S/C14H19N3O3/c18-9-4-8-17-14(13(11-19)15-16-17)7-10-20-12-5-2-1-3-6-12/h1-3,5-6,18-19H,4,7-11H2. The van der Waals surface area contributed by atoms with E-state index in [1.807, 2.05) is 30.3 Å². The summed E-state index contributed by atoms with van der Waals surface area (Å²) in [5, 5.41) is 26.1. The minimum absolute atomic E-state index is 0.105. The Morgan fingerprint density at radius 2 is 1.95 bits per heavy atom. The van der Waals surface area contributed by atoms with E-state index in [1.54, 1.807) is 4.68 Å². The first kappa shape index (κ1) is 14.5. The number of ether oxygens (including phenoxy) is 1. The highest BCUT2D eigenvalue weighted by molar-refractivity contribution is 5.21. The summed E-state index contributed by atoms with van der Waals surface area (Å²) in [6, 6.07) is 9.57. The van der Waals surface area contributed by atoms with Gasteiger partial charge in [-0.1, -0.05) is 23.4 Å². The Balaban J connectivity index is 1.95. The van der Waals surface area contributed by atoms with Gasteiger partial charge in [0.05, 0.1) is 18.9 Å². The Bertz CT molecular complexity index is 514. The maximum atomic E-state index is 9.27. The molecule has 0 aliphatic rings. The van der Waals surface area contributed by atoms with Crippen molar-refractivity contribution < 1.29 is 14.9 Å². The van der Waals surface area contributed by atoms with Crippen molar-refractivity contribution in [2.45, 2.75) is 26.0 Å². The second-order valence-electron chi connectivity index (χ2n) is 4.35. The fourth-order valence-electron chi connectivity index (χ4n) is 1.95. The molecule has 0 saturated heterocycles. The maximum Gasteiger partial charge on any atom is 0.119 e. The van der Waals surface area contributed by atoms with Gasteiger partial charge in [-0.2, -0.15) is 0 Å². The molecule has 1 aromatic carbocycles. The summed E-state index contributed by atoms with van der Waals surface area (Å²) in [5.74, 6) is 0.812. The van der Waals surface area contributed by atoms with Crippen LogP contribution in [0.5, 0.6) is 5.75 Å². The van der Waals surface area contributed by atoms with Crippen LogP contribution in [-0.4, -0.2) is 38.4 Å². The summed E-state index contributed by atoms with van der Waals surface area (Å²) in [6.45, 7) is 1.04. The fraction of sp³-hybridized carbons (Fsp3) is 0.429. The van der Waals surface area contributed by atoms with E-state index in [0.717, 1.165) is 11.4 Å². The average molecular weight is 277 g/mol. The third-order valence-electron chi connectivity index (χ3n) is 2.95. The lowest BCUT2D eigenvalue weighted by molar-refractivity contribution is 0.269. The zero-order valence-electron chi connectivity index (χ0n) is 11.3. The van der Waals surface area contributed by atoms with Crippen molar-refractivity contribution in [2.24, 2.45) is 0 Å². The number of para-hydroxylation sites is 1. The SMILES string of the molecule is OCCCn1nnc(CO)c1CCOc1ccccc1. The van der Waals surface area contributed by atoms with Gasteiger partial charge in [0.15, 0.2) is 0 Å². The van der Waals surface area contributed by atoms with Crippen molar-refractivity contribution in [2.75, 3.05) is 13.2 Å². The van der Waals surface area contributed by atoms with E-state index < -0.39 is 0 Å². The lowest BCUT2D eigenvalue weighted by Gasteiger charge is -2.08. The number of aliphatic hydroxyl groups excluding tert-OH is 2. The monoisotopic (exact) mass is 277 g/mol. The highest BCUT2D eigenvalue weighted by atomic mass is 16.5. The Hall–Kier alpha value is -1.92. The van der Waals surface area contributed by atoms with Gasteiger partial charge in [0.25, 0.3) is 0 Å². The van der Waals surface area contributed by atoms with Crippen LogP contribution in [0.2, 0.25) is 0 Å². The van der Waals surface area contributed by atoms with E-state index in [4.69, 9.17) is 9.84 Å². The van der Waals surface area contributed by atoms with Gasteiger partial charge in [-0.15, -0.1) is 5.10 Å². The smallest absolute Gasteiger partial charge is 0.119 e. The van der Waals surface area contributed by atoms with Crippen LogP contribution in [0.25, 0.3) is 0 Å². The van der Waals surface area contributed by atoms with Crippen LogP contribution in [0.15, 0.2) is 30.3 Å². The Kier molecular flexibility index (Phi) is 5.52. The van der Waals surface area contributed by atoms with Crippen LogP contribution < -0.4 is 4.74 Å². The number of hydrogen-bond acceptors (Lipinski definition) is 5. The van der Waals surface area contributed by atoms with Gasteiger partial charge in [-0.05, 0) is 18.6 Å². The topological polar surface area (TPSA) is 80.4 Å². The third-order valence-corrected chi connectivity index (χ3v) is 2.95.